The van der Waals surface area contributed by atoms with Crippen molar-refractivity contribution in [3.8, 4) is 0 Å². The normalized spacial score (nSPS) is 20.6. The molecule has 0 atom stereocenters. The number of hydrogen-bond acceptors (Lipinski definition) is 2. The van der Waals surface area contributed by atoms with Crippen LogP contribution in [-0.4, -0.2) is 15.0 Å². The van der Waals surface area contributed by atoms with Gasteiger partial charge in [0, 0.05) is 23.4 Å². The molecule has 0 spiro atoms. The fourth-order valence-electron chi connectivity index (χ4n) is 4.35. The lowest BCUT2D eigenvalue weighted by Gasteiger charge is -2.27. The van der Waals surface area contributed by atoms with E-state index in [1.165, 1.54) is 36.8 Å². The maximum atomic E-state index is 4.92. The molecule has 130 valence electrons. The number of pyridine rings is 1. The molecule has 2 aromatic heterocycles. The molecular formula is C23H23N3. The highest BCUT2D eigenvalue weighted by atomic mass is 14.9. The topological polar surface area (TPSA) is 41.6 Å². The highest BCUT2D eigenvalue weighted by molar-refractivity contribution is 5.78. The number of H-pyrrole nitrogens is 1. The number of hydrogen-bond donors (Lipinski definition) is 1. The Balaban J connectivity index is 1.26. The molecule has 3 heteroatoms. The molecule has 3 nitrogen and oxygen atoms in total. The Morgan fingerprint density at radius 2 is 1.54 bits per heavy atom. The zero-order chi connectivity index (χ0) is 17.3. The number of imidazole rings is 1. The van der Waals surface area contributed by atoms with Crippen LogP contribution in [0.1, 0.15) is 43.1 Å². The van der Waals surface area contributed by atoms with E-state index in [1.807, 2.05) is 0 Å². The number of fused-ring (bicyclic) bond motifs is 2. The summed E-state index contributed by atoms with van der Waals surface area (Å²) in [5.41, 5.74) is 4.62. The van der Waals surface area contributed by atoms with Crippen LogP contribution in [0.25, 0.3) is 21.9 Å². The summed E-state index contributed by atoms with van der Waals surface area (Å²) in [4.78, 5) is 13.2. The van der Waals surface area contributed by atoms with E-state index in [4.69, 9.17) is 9.97 Å². The van der Waals surface area contributed by atoms with E-state index in [0.29, 0.717) is 5.92 Å². The summed E-state index contributed by atoms with van der Waals surface area (Å²) in [6.45, 7) is 0. The molecule has 0 bridgehead atoms. The average molecular weight is 341 g/mol. The van der Waals surface area contributed by atoms with Crippen LogP contribution in [0.2, 0.25) is 0 Å². The zero-order valence-electron chi connectivity index (χ0n) is 14.9. The molecule has 1 aliphatic carbocycles. The molecule has 5 rings (SSSR count). The minimum absolute atomic E-state index is 0.603. The van der Waals surface area contributed by atoms with Crippen LogP contribution in [-0.2, 0) is 6.42 Å². The second-order valence-corrected chi connectivity index (χ2v) is 7.55. The fourth-order valence-corrected chi connectivity index (χ4v) is 4.35. The van der Waals surface area contributed by atoms with Gasteiger partial charge in [0.2, 0.25) is 0 Å². The van der Waals surface area contributed by atoms with Crippen molar-refractivity contribution < 1.29 is 0 Å². The third-order valence-electron chi connectivity index (χ3n) is 5.81. The van der Waals surface area contributed by atoms with Crippen LogP contribution in [0, 0.1) is 5.92 Å². The highest BCUT2D eigenvalue weighted by Crippen LogP contribution is 2.36. The summed E-state index contributed by atoms with van der Waals surface area (Å²) < 4.78 is 0. The van der Waals surface area contributed by atoms with Crippen molar-refractivity contribution in [1.29, 1.82) is 0 Å². The maximum absolute atomic E-state index is 4.92. The van der Waals surface area contributed by atoms with Gasteiger partial charge in [-0.3, -0.25) is 4.98 Å². The first-order valence-electron chi connectivity index (χ1n) is 9.64. The first-order valence-corrected chi connectivity index (χ1v) is 9.64. The van der Waals surface area contributed by atoms with E-state index in [1.54, 1.807) is 0 Å². The molecule has 1 aliphatic rings. The number of nitrogens with zero attached hydrogens (tertiary/aromatic N) is 2. The standard InChI is InChI=1S/C23H23N3/c1-2-6-19-17(5-1)13-14-20(24-19)18-11-9-16(10-12-18)15-23-25-21-7-3-4-8-22(21)26-23/h1-8,13-14,16,18H,9-12,15H2,(H,25,26). The molecule has 1 saturated carbocycles. The molecule has 0 amide bonds. The minimum Gasteiger partial charge on any atom is -0.342 e. The quantitative estimate of drug-likeness (QED) is 0.525. The van der Waals surface area contributed by atoms with Gasteiger partial charge in [0.05, 0.1) is 16.6 Å². The van der Waals surface area contributed by atoms with Crippen molar-refractivity contribution in [2.24, 2.45) is 5.92 Å². The van der Waals surface area contributed by atoms with Gasteiger partial charge in [0.25, 0.3) is 0 Å². The molecule has 0 radical (unpaired) electrons. The van der Waals surface area contributed by atoms with Crippen molar-refractivity contribution in [1.82, 2.24) is 15.0 Å². The summed E-state index contributed by atoms with van der Waals surface area (Å²) in [7, 11) is 0. The Hall–Kier alpha value is -2.68. The summed E-state index contributed by atoms with van der Waals surface area (Å²) in [5, 5.41) is 1.23. The van der Waals surface area contributed by atoms with E-state index < -0.39 is 0 Å². The van der Waals surface area contributed by atoms with E-state index in [0.717, 1.165) is 34.7 Å². The van der Waals surface area contributed by atoms with Gasteiger partial charge in [-0.05, 0) is 55.9 Å². The number of benzene rings is 2. The lowest BCUT2D eigenvalue weighted by Crippen LogP contribution is -2.16. The molecule has 1 fully saturated rings. The van der Waals surface area contributed by atoms with Crippen LogP contribution < -0.4 is 0 Å². The van der Waals surface area contributed by atoms with Crippen LogP contribution >= 0.6 is 0 Å². The first-order chi connectivity index (χ1) is 12.8. The van der Waals surface area contributed by atoms with Crippen molar-refractivity contribution in [3.63, 3.8) is 0 Å². The van der Waals surface area contributed by atoms with E-state index in [9.17, 15) is 0 Å². The number of aromatic nitrogens is 3. The molecule has 0 unspecified atom stereocenters. The van der Waals surface area contributed by atoms with Crippen molar-refractivity contribution in [3.05, 3.63) is 72.2 Å². The zero-order valence-corrected chi connectivity index (χ0v) is 14.9. The second-order valence-electron chi connectivity index (χ2n) is 7.55. The van der Waals surface area contributed by atoms with E-state index in [-0.39, 0.29) is 0 Å². The lowest BCUT2D eigenvalue weighted by atomic mass is 9.79. The smallest absolute Gasteiger partial charge is 0.107 e. The van der Waals surface area contributed by atoms with Crippen molar-refractivity contribution in [2.75, 3.05) is 0 Å². The Morgan fingerprint density at radius 1 is 0.769 bits per heavy atom. The van der Waals surface area contributed by atoms with Crippen LogP contribution in [0.15, 0.2) is 60.7 Å². The van der Waals surface area contributed by atoms with Gasteiger partial charge in [0.1, 0.15) is 5.82 Å². The Kier molecular flexibility index (Phi) is 3.93. The average Bonchev–Trinajstić information content (AvgIpc) is 3.10. The third-order valence-corrected chi connectivity index (χ3v) is 5.81. The Labute approximate surface area is 153 Å². The molecule has 2 heterocycles. The third kappa shape index (κ3) is 2.98. The molecule has 0 saturated heterocycles. The number of nitrogens with one attached hydrogen (secondary N) is 1. The monoisotopic (exact) mass is 341 g/mol. The minimum atomic E-state index is 0.603. The van der Waals surface area contributed by atoms with E-state index >= 15 is 0 Å². The van der Waals surface area contributed by atoms with Gasteiger partial charge in [-0.1, -0.05) is 36.4 Å². The molecule has 0 aliphatic heterocycles. The first kappa shape index (κ1) is 15.6. The summed E-state index contributed by atoms with van der Waals surface area (Å²) in [6.07, 6.45) is 6.05. The van der Waals surface area contributed by atoms with Crippen LogP contribution in [0.3, 0.4) is 0 Å². The lowest BCUT2D eigenvalue weighted by molar-refractivity contribution is 0.318. The molecule has 1 N–H and O–H groups in total. The maximum Gasteiger partial charge on any atom is 0.107 e. The molecule has 2 aromatic carbocycles. The number of rotatable bonds is 3. The second kappa shape index (κ2) is 6.56. The molecule has 4 aromatic rings. The molecule has 26 heavy (non-hydrogen) atoms. The van der Waals surface area contributed by atoms with Gasteiger partial charge < -0.3 is 4.98 Å². The summed E-state index contributed by atoms with van der Waals surface area (Å²) in [5.74, 6) is 2.47. The summed E-state index contributed by atoms with van der Waals surface area (Å²) in [6, 6.07) is 21.1. The fraction of sp³-hybridized carbons (Fsp3) is 0.304. The Morgan fingerprint density at radius 3 is 2.38 bits per heavy atom. The SMILES string of the molecule is c1ccc2nc(C3CCC(Cc4nc5ccccc5[nH]4)CC3)ccc2c1. The predicted molar refractivity (Wildman–Crippen MR) is 106 cm³/mol. The van der Waals surface area contributed by atoms with E-state index in [2.05, 4.69) is 65.6 Å². The Bertz CT molecular complexity index is 1010. The van der Waals surface area contributed by atoms with Crippen LogP contribution in [0.5, 0.6) is 0 Å². The van der Waals surface area contributed by atoms with Crippen molar-refractivity contribution in [2.45, 2.75) is 38.0 Å². The van der Waals surface area contributed by atoms with Gasteiger partial charge in [-0.25, -0.2) is 4.98 Å². The van der Waals surface area contributed by atoms with Gasteiger partial charge >= 0.3 is 0 Å². The number of aromatic amines is 1. The summed E-state index contributed by atoms with van der Waals surface area (Å²) >= 11 is 0. The van der Waals surface area contributed by atoms with Crippen molar-refractivity contribution >= 4 is 21.9 Å². The van der Waals surface area contributed by atoms with Crippen LogP contribution in [0.4, 0.5) is 0 Å². The number of para-hydroxylation sites is 3. The largest absolute Gasteiger partial charge is 0.342 e. The predicted octanol–water partition coefficient (Wildman–Crippen LogP) is 5.63. The van der Waals surface area contributed by atoms with Gasteiger partial charge in [-0.15, -0.1) is 0 Å². The van der Waals surface area contributed by atoms with Gasteiger partial charge in [-0.2, -0.15) is 0 Å². The van der Waals surface area contributed by atoms with Gasteiger partial charge in [0.15, 0.2) is 0 Å². The molecular weight excluding hydrogens is 318 g/mol. The highest BCUT2D eigenvalue weighted by Gasteiger charge is 2.24.